The van der Waals surface area contributed by atoms with Crippen molar-refractivity contribution in [2.75, 3.05) is 33.2 Å². The molecule has 1 fully saturated rings. The number of aromatic amines is 1. The number of hydrogen-bond acceptors (Lipinski definition) is 9. The highest BCUT2D eigenvalue weighted by molar-refractivity contribution is 5.70. The highest BCUT2D eigenvalue weighted by atomic mass is 16.7. The van der Waals surface area contributed by atoms with Crippen LogP contribution >= 0.6 is 0 Å². The number of H-pyrrole nitrogens is 1. The van der Waals surface area contributed by atoms with Gasteiger partial charge in [0.15, 0.2) is 17.5 Å². The number of nitrogen functional groups attached to an aromatic ring is 1. The van der Waals surface area contributed by atoms with Gasteiger partial charge in [0.05, 0.1) is 25.6 Å². The Hall–Kier alpha value is -2.31. The summed E-state index contributed by atoms with van der Waals surface area (Å²) in [5.41, 5.74) is 5.55. The van der Waals surface area contributed by atoms with Crippen molar-refractivity contribution in [3.05, 3.63) is 29.3 Å². The van der Waals surface area contributed by atoms with Crippen LogP contribution in [0.4, 0.5) is 5.95 Å². The van der Waals surface area contributed by atoms with Gasteiger partial charge in [-0.3, -0.25) is 9.78 Å². The second-order valence-corrected chi connectivity index (χ2v) is 6.06. The van der Waals surface area contributed by atoms with Crippen molar-refractivity contribution in [2.45, 2.75) is 30.6 Å². The van der Waals surface area contributed by atoms with Gasteiger partial charge in [-0.1, -0.05) is 6.08 Å². The van der Waals surface area contributed by atoms with E-state index >= 15 is 0 Å². The molecule has 0 unspecified atom stereocenters. The standard InChI is InChI=1S/C16H23N5O6/c1-4-5-26-6-8-10(11(22)12(27-8)15(24-2)25-3)21-7-18-9-13(21)19-16(17)20-14(9)23/h4,7-8,10-12,15,22H,1,5-6H2,2-3H3,(H3,17,19,20,23)/t8-,10-,11+,12+/m0/s1. The third-order valence-electron chi connectivity index (χ3n) is 4.42. The van der Waals surface area contributed by atoms with E-state index in [9.17, 15) is 9.90 Å². The molecule has 0 amide bonds. The number of nitrogens with two attached hydrogens (primary N) is 1. The molecule has 11 heteroatoms. The molecular formula is C16H23N5O6. The maximum absolute atomic E-state index is 12.0. The lowest BCUT2D eigenvalue weighted by Gasteiger charge is -2.24. The van der Waals surface area contributed by atoms with Crippen LogP contribution in [0.15, 0.2) is 23.8 Å². The van der Waals surface area contributed by atoms with Crippen LogP contribution in [0.2, 0.25) is 0 Å². The van der Waals surface area contributed by atoms with Crippen molar-refractivity contribution >= 4 is 17.1 Å². The maximum Gasteiger partial charge on any atom is 0.280 e. The Morgan fingerprint density at radius 1 is 1.52 bits per heavy atom. The second kappa shape index (κ2) is 8.15. The van der Waals surface area contributed by atoms with Gasteiger partial charge in [-0.15, -0.1) is 6.58 Å². The summed E-state index contributed by atoms with van der Waals surface area (Å²) in [5, 5.41) is 10.9. The average molecular weight is 381 g/mol. The largest absolute Gasteiger partial charge is 0.388 e. The van der Waals surface area contributed by atoms with E-state index in [0.717, 1.165) is 0 Å². The van der Waals surface area contributed by atoms with Gasteiger partial charge in [0.25, 0.3) is 5.56 Å². The molecule has 1 aliphatic rings. The molecule has 148 valence electrons. The fraction of sp³-hybridized carbons (Fsp3) is 0.562. The van der Waals surface area contributed by atoms with Crippen molar-refractivity contribution < 1.29 is 24.1 Å². The fourth-order valence-electron chi connectivity index (χ4n) is 3.28. The van der Waals surface area contributed by atoms with E-state index in [2.05, 4.69) is 21.5 Å². The third-order valence-corrected chi connectivity index (χ3v) is 4.42. The summed E-state index contributed by atoms with van der Waals surface area (Å²) in [6.45, 7) is 4.10. The Labute approximate surface area is 154 Å². The van der Waals surface area contributed by atoms with Crippen LogP contribution in [-0.4, -0.2) is 76.7 Å². The number of aliphatic hydroxyl groups is 1. The molecule has 4 atom stereocenters. The fourth-order valence-corrected chi connectivity index (χ4v) is 3.28. The molecule has 2 aromatic rings. The number of aliphatic hydroxyl groups excluding tert-OH is 1. The summed E-state index contributed by atoms with van der Waals surface area (Å²) >= 11 is 0. The van der Waals surface area contributed by atoms with Crippen molar-refractivity contribution in [1.29, 1.82) is 0 Å². The van der Waals surface area contributed by atoms with E-state index in [1.165, 1.54) is 20.5 Å². The molecular weight excluding hydrogens is 358 g/mol. The van der Waals surface area contributed by atoms with Gasteiger partial charge < -0.3 is 34.4 Å². The zero-order valence-electron chi connectivity index (χ0n) is 15.1. The maximum atomic E-state index is 12.0. The minimum atomic E-state index is -1.04. The molecule has 0 spiro atoms. The number of rotatable bonds is 8. The zero-order valence-corrected chi connectivity index (χ0v) is 15.1. The van der Waals surface area contributed by atoms with Crippen molar-refractivity contribution in [3.63, 3.8) is 0 Å². The normalized spacial score (nSPS) is 25.5. The second-order valence-electron chi connectivity index (χ2n) is 6.06. The highest BCUT2D eigenvalue weighted by Crippen LogP contribution is 2.35. The summed E-state index contributed by atoms with van der Waals surface area (Å²) < 4.78 is 23.5. The van der Waals surface area contributed by atoms with Gasteiger partial charge in [-0.2, -0.15) is 4.98 Å². The SMILES string of the molecule is C=CCOC[C@@H]1O[C@@H](C(OC)OC)[C@H](O)[C@H]1n1cnc2c(=O)[nH]c(N)nc21. The lowest BCUT2D eigenvalue weighted by Crippen LogP contribution is -2.39. The summed E-state index contributed by atoms with van der Waals surface area (Å²) in [5.74, 6) is -0.0506. The molecule has 0 bridgehead atoms. The van der Waals surface area contributed by atoms with Crippen LogP contribution in [0.3, 0.4) is 0 Å². The predicted molar refractivity (Wildman–Crippen MR) is 95.1 cm³/mol. The number of nitrogens with zero attached hydrogens (tertiary/aromatic N) is 3. The number of anilines is 1. The molecule has 0 aromatic carbocycles. The predicted octanol–water partition coefficient (Wildman–Crippen LogP) is -0.807. The average Bonchev–Trinajstić information content (AvgIpc) is 3.18. The highest BCUT2D eigenvalue weighted by Gasteiger charge is 2.49. The number of aromatic nitrogens is 4. The Balaban J connectivity index is 2.01. The Morgan fingerprint density at radius 2 is 2.26 bits per heavy atom. The van der Waals surface area contributed by atoms with E-state index in [1.807, 2.05) is 0 Å². The lowest BCUT2D eigenvalue weighted by atomic mass is 10.0. The number of fused-ring (bicyclic) bond motifs is 1. The van der Waals surface area contributed by atoms with Gasteiger partial charge in [0.1, 0.15) is 18.3 Å². The molecule has 0 radical (unpaired) electrons. The van der Waals surface area contributed by atoms with E-state index < -0.39 is 36.2 Å². The first-order chi connectivity index (χ1) is 13.0. The van der Waals surface area contributed by atoms with E-state index in [4.69, 9.17) is 24.7 Å². The zero-order chi connectivity index (χ0) is 19.6. The first-order valence-corrected chi connectivity index (χ1v) is 8.31. The Bertz CT molecular complexity index is 847. The van der Waals surface area contributed by atoms with Crippen LogP contribution in [0.5, 0.6) is 0 Å². The van der Waals surface area contributed by atoms with Crippen LogP contribution in [0, 0.1) is 0 Å². The van der Waals surface area contributed by atoms with Crippen LogP contribution < -0.4 is 11.3 Å². The minimum Gasteiger partial charge on any atom is -0.388 e. The van der Waals surface area contributed by atoms with Crippen LogP contribution in [-0.2, 0) is 18.9 Å². The molecule has 0 saturated carbocycles. The van der Waals surface area contributed by atoms with Crippen molar-refractivity contribution in [3.8, 4) is 0 Å². The first kappa shape index (κ1) is 19.5. The third kappa shape index (κ3) is 3.59. The van der Waals surface area contributed by atoms with E-state index in [0.29, 0.717) is 6.61 Å². The molecule has 3 rings (SSSR count). The van der Waals surface area contributed by atoms with Gasteiger partial charge in [0.2, 0.25) is 5.95 Å². The topological polar surface area (TPSA) is 147 Å². The Kier molecular flexibility index (Phi) is 5.87. The van der Waals surface area contributed by atoms with Crippen LogP contribution in [0.1, 0.15) is 6.04 Å². The molecule has 1 aliphatic heterocycles. The Morgan fingerprint density at radius 3 is 2.93 bits per heavy atom. The van der Waals surface area contributed by atoms with Gasteiger partial charge >= 0.3 is 0 Å². The van der Waals surface area contributed by atoms with Crippen LogP contribution in [0.25, 0.3) is 11.2 Å². The molecule has 0 aliphatic carbocycles. The summed E-state index contributed by atoms with van der Waals surface area (Å²) in [7, 11) is 2.91. The summed E-state index contributed by atoms with van der Waals surface area (Å²) in [6, 6.07) is -0.647. The number of hydrogen-bond donors (Lipinski definition) is 3. The van der Waals surface area contributed by atoms with E-state index in [-0.39, 0.29) is 23.7 Å². The molecule has 2 aromatic heterocycles. The summed E-state index contributed by atoms with van der Waals surface area (Å²) in [4.78, 5) is 22.7. The molecule has 11 nitrogen and oxygen atoms in total. The summed E-state index contributed by atoms with van der Waals surface area (Å²) in [6.07, 6.45) is -0.146. The minimum absolute atomic E-state index is 0.0506. The quantitative estimate of drug-likeness (QED) is 0.303. The number of imidazole rings is 1. The molecule has 1 saturated heterocycles. The van der Waals surface area contributed by atoms with Gasteiger partial charge in [0, 0.05) is 14.2 Å². The van der Waals surface area contributed by atoms with Crippen molar-refractivity contribution in [2.24, 2.45) is 0 Å². The smallest absolute Gasteiger partial charge is 0.280 e. The number of methoxy groups -OCH3 is 2. The number of nitrogens with one attached hydrogen (secondary N) is 1. The first-order valence-electron chi connectivity index (χ1n) is 8.31. The molecule has 27 heavy (non-hydrogen) atoms. The van der Waals surface area contributed by atoms with Gasteiger partial charge in [-0.05, 0) is 0 Å². The lowest BCUT2D eigenvalue weighted by molar-refractivity contribution is -0.194. The number of ether oxygens (including phenoxy) is 4. The molecule has 3 heterocycles. The monoisotopic (exact) mass is 381 g/mol. The molecule has 4 N–H and O–H groups in total. The van der Waals surface area contributed by atoms with Gasteiger partial charge in [-0.25, -0.2) is 4.98 Å². The van der Waals surface area contributed by atoms with Crippen molar-refractivity contribution in [1.82, 2.24) is 19.5 Å². The van der Waals surface area contributed by atoms with E-state index in [1.54, 1.807) is 10.6 Å².